The first kappa shape index (κ1) is 22.8. The monoisotopic (exact) mass is 414 g/mol. The van der Waals surface area contributed by atoms with Gasteiger partial charge in [0.05, 0.1) is 6.54 Å². The summed E-state index contributed by atoms with van der Waals surface area (Å²) in [5.41, 5.74) is 3.01. The Hall–Kier alpha value is -2.53. The van der Waals surface area contributed by atoms with Crippen LogP contribution in [0.2, 0.25) is 5.02 Å². The first-order chi connectivity index (χ1) is 14.1. The number of rotatable bonds is 9. The summed E-state index contributed by atoms with van der Waals surface area (Å²) in [6, 6.07) is 15.6. The molecule has 0 aliphatic rings. The van der Waals surface area contributed by atoms with Crippen molar-refractivity contribution >= 4 is 23.5 Å². The van der Waals surface area contributed by atoms with Crippen molar-refractivity contribution in [2.24, 2.45) is 4.99 Å². The van der Waals surface area contributed by atoms with Crippen LogP contribution in [0, 0.1) is 0 Å². The van der Waals surface area contributed by atoms with E-state index in [-0.39, 0.29) is 5.91 Å². The second-order valence-electron chi connectivity index (χ2n) is 6.67. The highest BCUT2D eigenvalue weighted by Gasteiger charge is 2.11. The van der Waals surface area contributed by atoms with E-state index in [2.05, 4.69) is 15.6 Å². The van der Waals surface area contributed by atoms with Gasteiger partial charge in [-0.2, -0.15) is 0 Å². The number of hydrogen-bond donors (Lipinski definition) is 2. The number of guanidine groups is 1. The summed E-state index contributed by atoms with van der Waals surface area (Å²) in [5, 5.41) is 7.38. The number of amides is 1. The summed E-state index contributed by atoms with van der Waals surface area (Å²) in [5.74, 6) is 0.854. The lowest BCUT2D eigenvalue weighted by Crippen LogP contribution is -2.38. The van der Waals surface area contributed by atoms with Gasteiger partial charge in [0.1, 0.15) is 0 Å². The van der Waals surface area contributed by atoms with Gasteiger partial charge in [-0.25, -0.2) is 4.99 Å². The molecule has 1 amide bonds. The summed E-state index contributed by atoms with van der Waals surface area (Å²) in [4.78, 5) is 18.9. The van der Waals surface area contributed by atoms with Crippen molar-refractivity contribution in [2.75, 3.05) is 26.2 Å². The van der Waals surface area contributed by atoms with Crippen LogP contribution in [0.1, 0.15) is 42.3 Å². The SMILES string of the molecule is CCNC(=NCc1ccc(C(=O)N(CC)CC)cc1)NCCc1ccc(Cl)cc1. The van der Waals surface area contributed by atoms with E-state index >= 15 is 0 Å². The molecule has 0 aliphatic heterocycles. The molecule has 2 aromatic rings. The molecule has 0 atom stereocenters. The van der Waals surface area contributed by atoms with Gasteiger partial charge in [0.2, 0.25) is 0 Å². The second kappa shape index (κ2) is 12.1. The standard InChI is InChI=1S/C23H31ClN4O/c1-4-25-23(26-16-15-18-9-13-21(24)14-10-18)27-17-19-7-11-20(12-8-19)22(29)28(5-2)6-3/h7-14H,4-6,15-17H2,1-3H3,(H2,25,26,27). The van der Waals surface area contributed by atoms with Crippen LogP contribution in [0.15, 0.2) is 53.5 Å². The molecule has 0 bridgehead atoms. The zero-order chi connectivity index (χ0) is 21.1. The van der Waals surface area contributed by atoms with Crippen LogP contribution in [0.3, 0.4) is 0 Å². The number of carbonyl (C=O) groups is 1. The Morgan fingerprint density at radius 2 is 1.55 bits per heavy atom. The molecule has 156 valence electrons. The van der Waals surface area contributed by atoms with Crippen LogP contribution in [-0.4, -0.2) is 42.9 Å². The molecule has 0 unspecified atom stereocenters. The largest absolute Gasteiger partial charge is 0.357 e. The highest BCUT2D eigenvalue weighted by molar-refractivity contribution is 6.30. The minimum atomic E-state index is 0.0715. The number of nitrogens with zero attached hydrogens (tertiary/aromatic N) is 2. The Morgan fingerprint density at radius 1 is 0.931 bits per heavy atom. The molecule has 0 saturated heterocycles. The molecule has 0 fully saturated rings. The summed E-state index contributed by atoms with van der Waals surface area (Å²) in [7, 11) is 0. The van der Waals surface area contributed by atoms with Crippen molar-refractivity contribution in [3.8, 4) is 0 Å². The topological polar surface area (TPSA) is 56.7 Å². The Kier molecular flexibility index (Phi) is 9.51. The zero-order valence-electron chi connectivity index (χ0n) is 17.5. The maximum absolute atomic E-state index is 12.4. The van der Waals surface area contributed by atoms with Crippen LogP contribution in [-0.2, 0) is 13.0 Å². The number of carbonyl (C=O) groups excluding carboxylic acids is 1. The van der Waals surface area contributed by atoms with Crippen LogP contribution in [0.4, 0.5) is 0 Å². The third kappa shape index (κ3) is 7.42. The average Bonchev–Trinajstić information content (AvgIpc) is 2.74. The van der Waals surface area contributed by atoms with E-state index < -0.39 is 0 Å². The number of aliphatic imine (C=N–C) groups is 1. The summed E-state index contributed by atoms with van der Waals surface area (Å²) < 4.78 is 0. The van der Waals surface area contributed by atoms with E-state index in [9.17, 15) is 4.79 Å². The zero-order valence-corrected chi connectivity index (χ0v) is 18.3. The van der Waals surface area contributed by atoms with Crippen molar-refractivity contribution in [1.29, 1.82) is 0 Å². The molecule has 5 nitrogen and oxygen atoms in total. The number of benzene rings is 2. The molecule has 29 heavy (non-hydrogen) atoms. The molecular formula is C23H31ClN4O. The fourth-order valence-electron chi connectivity index (χ4n) is 2.93. The van der Waals surface area contributed by atoms with Crippen molar-refractivity contribution in [3.05, 3.63) is 70.2 Å². The average molecular weight is 415 g/mol. The summed E-state index contributed by atoms with van der Waals surface area (Å²) in [6.45, 7) is 9.60. The third-order valence-corrected chi connectivity index (χ3v) is 4.89. The molecule has 0 radical (unpaired) electrons. The van der Waals surface area contributed by atoms with Gasteiger partial charge in [-0.1, -0.05) is 35.9 Å². The third-order valence-electron chi connectivity index (χ3n) is 4.63. The maximum atomic E-state index is 12.4. The number of halogens is 1. The fraction of sp³-hybridized carbons (Fsp3) is 0.391. The van der Waals surface area contributed by atoms with E-state index in [0.717, 1.165) is 54.7 Å². The lowest BCUT2D eigenvalue weighted by molar-refractivity contribution is 0.0773. The Bertz CT molecular complexity index is 784. The van der Waals surface area contributed by atoms with E-state index in [1.165, 1.54) is 5.56 Å². The minimum Gasteiger partial charge on any atom is -0.357 e. The molecule has 0 aliphatic carbocycles. The van der Waals surface area contributed by atoms with E-state index in [1.807, 2.05) is 74.2 Å². The lowest BCUT2D eigenvalue weighted by atomic mass is 10.1. The van der Waals surface area contributed by atoms with E-state index in [1.54, 1.807) is 0 Å². The molecule has 0 heterocycles. The first-order valence-electron chi connectivity index (χ1n) is 10.2. The molecule has 2 N–H and O–H groups in total. The fourth-order valence-corrected chi connectivity index (χ4v) is 3.06. The van der Waals surface area contributed by atoms with Crippen LogP contribution < -0.4 is 10.6 Å². The van der Waals surface area contributed by atoms with Gasteiger partial charge in [-0.05, 0) is 62.6 Å². The number of nitrogens with one attached hydrogen (secondary N) is 2. The van der Waals surface area contributed by atoms with Gasteiger partial charge in [-0.15, -0.1) is 0 Å². The smallest absolute Gasteiger partial charge is 0.253 e. The molecule has 0 aromatic heterocycles. The van der Waals surface area contributed by atoms with Gasteiger partial charge in [0, 0.05) is 36.8 Å². The van der Waals surface area contributed by atoms with Crippen molar-refractivity contribution in [1.82, 2.24) is 15.5 Å². The summed E-state index contributed by atoms with van der Waals surface area (Å²) in [6.07, 6.45) is 0.893. The van der Waals surface area contributed by atoms with Crippen molar-refractivity contribution in [3.63, 3.8) is 0 Å². The molecule has 0 spiro atoms. The second-order valence-corrected chi connectivity index (χ2v) is 7.11. The Morgan fingerprint density at radius 3 is 2.14 bits per heavy atom. The quantitative estimate of drug-likeness (QED) is 0.479. The summed E-state index contributed by atoms with van der Waals surface area (Å²) >= 11 is 5.93. The Balaban J connectivity index is 1.91. The van der Waals surface area contributed by atoms with E-state index in [4.69, 9.17) is 11.6 Å². The maximum Gasteiger partial charge on any atom is 0.253 e. The van der Waals surface area contributed by atoms with Crippen LogP contribution >= 0.6 is 11.6 Å². The molecule has 6 heteroatoms. The first-order valence-corrected chi connectivity index (χ1v) is 10.6. The highest BCUT2D eigenvalue weighted by atomic mass is 35.5. The molecule has 2 aromatic carbocycles. The highest BCUT2D eigenvalue weighted by Crippen LogP contribution is 2.10. The van der Waals surface area contributed by atoms with Crippen molar-refractivity contribution in [2.45, 2.75) is 33.7 Å². The predicted molar refractivity (Wildman–Crippen MR) is 122 cm³/mol. The van der Waals surface area contributed by atoms with Crippen LogP contribution in [0.5, 0.6) is 0 Å². The Labute approximate surface area is 179 Å². The normalized spacial score (nSPS) is 11.2. The molecule has 0 saturated carbocycles. The van der Waals surface area contributed by atoms with Gasteiger partial charge < -0.3 is 15.5 Å². The number of hydrogen-bond acceptors (Lipinski definition) is 2. The lowest BCUT2D eigenvalue weighted by Gasteiger charge is -2.18. The minimum absolute atomic E-state index is 0.0715. The van der Waals surface area contributed by atoms with Gasteiger partial charge in [-0.3, -0.25) is 4.79 Å². The van der Waals surface area contributed by atoms with Gasteiger partial charge >= 0.3 is 0 Å². The molecule has 2 rings (SSSR count). The predicted octanol–water partition coefficient (Wildman–Crippen LogP) is 4.12. The van der Waals surface area contributed by atoms with Crippen molar-refractivity contribution < 1.29 is 4.79 Å². The van der Waals surface area contributed by atoms with Gasteiger partial charge in [0.25, 0.3) is 5.91 Å². The van der Waals surface area contributed by atoms with Gasteiger partial charge in [0.15, 0.2) is 5.96 Å². The van der Waals surface area contributed by atoms with E-state index in [0.29, 0.717) is 6.54 Å². The molecular weight excluding hydrogens is 384 g/mol. The van der Waals surface area contributed by atoms with Crippen LogP contribution in [0.25, 0.3) is 0 Å².